The Balaban J connectivity index is 1.33. The zero-order chi connectivity index (χ0) is 20.3. The molecule has 2 aliphatic rings. The van der Waals surface area contributed by atoms with Crippen LogP contribution in [0.3, 0.4) is 0 Å². The van der Waals surface area contributed by atoms with Crippen LogP contribution in [0.1, 0.15) is 107 Å². The summed E-state index contributed by atoms with van der Waals surface area (Å²) in [6.45, 7) is 2.28. The molecular weight excluding hydrogens is 350 g/mol. The number of nitrogens with zero attached hydrogens (tertiary/aromatic N) is 1. The van der Waals surface area contributed by atoms with E-state index in [1.807, 2.05) is 0 Å². The largest absolute Gasteiger partial charge is 0.193 e. The number of benzene rings is 1. The molecule has 158 valence electrons. The monoisotopic (exact) mass is 391 g/mol. The van der Waals surface area contributed by atoms with Gasteiger partial charge in [-0.2, -0.15) is 5.26 Å². The summed E-state index contributed by atoms with van der Waals surface area (Å²) in [4.78, 5) is 0. The maximum atomic E-state index is 8.68. The number of nitriles is 1. The van der Waals surface area contributed by atoms with Crippen LogP contribution in [0.4, 0.5) is 0 Å². The third-order valence-electron chi connectivity index (χ3n) is 7.68. The summed E-state index contributed by atoms with van der Waals surface area (Å²) in [5.41, 5.74) is 3.11. The molecule has 0 radical (unpaired) electrons. The van der Waals surface area contributed by atoms with Gasteiger partial charge in [0, 0.05) is 6.08 Å². The number of allylic oxidation sites excluding steroid dienone is 2. The van der Waals surface area contributed by atoms with E-state index in [9.17, 15) is 0 Å². The zero-order valence-corrected chi connectivity index (χ0v) is 18.6. The first-order chi connectivity index (χ1) is 14.3. The third kappa shape index (κ3) is 7.33. The van der Waals surface area contributed by atoms with Crippen LogP contribution in [0.25, 0.3) is 0 Å². The molecule has 1 nitrogen and oxygen atoms in total. The molecule has 3 rings (SSSR count). The Morgan fingerprint density at radius 1 is 0.862 bits per heavy atom. The number of hydrogen-bond donors (Lipinski definition) is 0. The van der Waals surface area contributed by atoms with E-state index in [-0.39, 0.29) is 0 Å². The van der Waals surface area contributed by atoms with Gasteiger partial charge in [0.1, 0.15) is 0 Å². The van der Waals surface area contributed by atoms with Gasteiger partial charge in [-0.3, -0.25) is 0 Å². The average Bonchev–Trinajstić information content (AvgIpc) is 2.78. The Labute approximate surface area is 179 Å². The summed E-state index contributed by atoms with van der Waals surface area (Å²) >= 11 is 0. The molecule has 0 aromatic heterocycles. The van der Waals surface area contributed by atoms with Gasteiger partial charge in [-0.25, -0.2) is 0 Å². The molecule has 0 amide bonds. The van der Waals surface area contributed by atoms with Crippen LogP contribution in [0, 0.1) is 29.1 Å². The van der Waals surface area contributed by atoms with Crippen molar-refractivity contribution in [2.45, 2.75) is 103 Å². The van der Waals surface area contributed by atoms with Gasteiger partial charge >= 0.3 is 0 Å². The molecule has 2 fully saturated rings. The zero-order valence-electron chi connectivity index (χ0n) is 18.6. The Morgan fingerprint density at radius 3 is 2.07 bits per heavy atom. The molecule has 1 aromatic carbocycles. The van der Waals surface area contributed by atoms with Gasteiger partial charge < -0.3 is 0 Å². The molecule has 2 saturated carbocycles. The molecule has 0 N–H and O–H groups in total. The summed E-state index contributed by atoms with van der Waals surface area (Å²) in [7, 11) is 0. The Morgan fingerprint density at radius 2 is 1.48 bits per heavy atom. The van der Waals surface area contributed by atoms with Crippen LogP contribution in [0.2, 0.25) is 0 Å². The second-order valence-electron chi connectivity index (χ2n) is 9.76. The number of aryl methyl sites for hydroxylation is 1. The summed E-state index contributed by atoms with van der Waals surface area (Å²) in [5, 5.41) is 8.68. The molecule has 29 heavy (non-hydrogen) atoms. The topological polar surface area (TPSA) is 23.8 Å². The molecule has 0 spiro atoms. The standard InChI is InChI=1S/C28H41N/c1-2-3-4-6-23-14-18-27(19-15-23)28-20-16-26(17-21-28)13-12-25-10-8-24(9-11-25)7-5-22-29/h5,7,14-15,18-19,24-26,28H,2-4,6,8-13,16-17,20-21H2,1H3/t24-,25-,26-,28-. The van der Waals surface area contributed by atoms with Crippen LogP contribution in [0.5, 0.6) is 0 Å². The Kier molecular flexibility index (Phi) is 9.33. The second kappa shape index (κ2) is 12.2. The number of hydrogen-bond acceptors (Lipinski definition) is 1. The first-order valence-electron chi connectivity index (χ1n) is 12.4. The lowest BCUT2D eigenvalue weighted by Gasteiger charge is -2.31. The van der Waals surface area contributed by atoms with E-state index in [2.05, 4.69) is 43.3 Å². The highest BCUT2D eigenvalue weighted by molar-refractivity contribution is 5.26. The van der Waals surface area contributed by atoms with Gasteiger partial charge in [0.15, 0.2) is 0 Å². The first kappa shape index (κ1) is 22.1. The minimum Gasteiger partial charge on any atom is -0.193 e. The Bertz CT molecular complexity index is 634. The summed E-state index contributed by atoms with van der Waals surface area (Å²) in [6.07, 6.45) is 22.9. The molecule has 0 heterocycles. The molecule has 0 aliphatic heterocycles. The predicted octanol–water partition coefficient (Wildman–Crippen LogP) is 8.36. The lowest BCUT2D eigenvalue weighted by Crippen LogP contribution is -2.17. The van der Waals surface area contributed by atoms with Crippen molar-refractivity contribution in [2.24, 2.45) is 17.8 Å². The molecule has 0 atom stereocenters. The van der Waals surface area contributed by atoms with Crippen molar-refractivity contribution in [3.8, 4) is 6.07 Å². The van der Waals surface area contributed by atoms with E-state index < -0.39 is 0 Å². The lowest BCUT2D eigenvalue weighted by molar-refractivity contribution is 0.246. The highest BCUT2D eigenvalue weighted by Gasteiger charge is 2.24. The average molecular weight is 392 g/mol. The lowest BCUT2D eigenvalue weighted by atomic mass is 9.74. The first-order valence-corrected chi connectivity index (χ1v) is 12.4. The fourth-order valence-electron chi connectivity index (χ4n) is 5.64. The van der Waals surface area contributed by atoms with Crippen molar-refractivity contribution in [1.29, 1.82) is 5.26 Å². The molecular formula is C28H41N. The fraction of sp³-hybridized carbons (Fsp3) is 0.679. The van der Waals surface area contributed by atoms with Crippen molar-refractivity contribution < 1.29 is 0 Å². The van der Waals surface area contributed by atoms with Gasteiger partial charge in [0.25, 0.3) is 0 Å². The molecule has 0 bridgehead atoms. The second-order valence-corrected chi connectivity index (χ2v) is 9.76. The van der Waals surface area contributed by atoms with Crippen LogP contribution in [-0.2, 0) is 6.42 Å². The van der Waals surface area contributed by atoms with E-state index in [0.717, 1.165) is 17.8 Å². The number of rotatable bonds is 9. The number of unbranched alkanes of at least 4 members (excludes halogenated alkanes) is 2. The minimum atomic E-state index is 0.666. The summed E-state index contributed by atoms with van der Waals surface area (Å²) in [5.74, 6) is 3.38. The smallest absolute Gasteiger partial charge is 0.0908 e. The highest BCUT2D eigenvalue weighted by Crippen LogP contribution is 2.40. The summed E-state index contributed by atoms with van der Waals surface area (Å²) < 4.78 is 0. The highest BCUT2D eigenvalue weighted by atomic mass is 14.3. The van der Waals surface area contributed by atoms with Crippen molar-refractivity contribution in [3.63, 3.8) is 0 Å². The summed E-state index contributed by atoms with van der Waals surface area (Å²) in [6, 6.07) is 11.8. The van der Waals surface area contributed by atoms with Gasteiger partial charge in [-0.05, 0) is 99.0 Å². The fourth-order valence-corrected chi connectivity index (χ4v) is 5.64. The van der Waals surface area contributed by atoms with Gasteiger partial charge in [-0.1, -0.05) is 62.9 Å². The van der Waals surface area contributed by atoms with Crippen molar-refractivity contribution in [1.82, 2.24) is 0 Å². The molecule has 1 aromatic rings. The van der Waals surface area contributed by atoms with Crippen molar-refractivity contribution >= 4 is 0 Å². The van der Waals surface area contributed by atoms with Crippen molar-refractivity contribution in [3.05, 3.63) is 47.5 Å². The van der Waals surface area contributed by atoms with Crippen LogP contribution < -0.4 is 0 Å². The maximum Gasteiger partial charge on any atom is 0.0908 e. The van der Waals surface area contributed by atoms with E-state index in [1.165, 1.54) is 95.5 Å². The van der Waals surface area contributed by atoms with Crippen LogP contribution in [0.15, 0.2) is 36.4 Å². The van der Waals surface area contributed by atoms with Crippen LogP contribution in [-0.4, -0.2) is 0 Å². The normalized spacial score (nSPS) is 27.7. The molecule has 1 heteroatoms. The minimum absolute atomic E-state index is 0.666. The molecule has 0 saturated heterocycles. The molecule has 0 unspecified atom stereocenters. The van der Waals surface area contributed by atoms with Gasteiger partial charge in [0.2, 0.25) is 0 Å². The third-order valence-corrected chi connectivity index (χ3v) is 7.68. The van der Waals surface area contributed by atoms with Gasteiger partial charge in [0.05, 0.1) is 6.07 Å². The van der Waals surface area contributed by atoms with E-state index >= 15 is 0 Å². The molecule has 2 aliphatic carbocycles. The van der Waals surface area contributed by atoms with Crippen molar-refractivity contribution in [2.75, 3.05) is 0 Å². The van der Waals surface area contributed by atoms with E-state index in [0.29, 0.717) is 5.92 Å². The SMILES string of the molecule is CCCCCc1ccc([C@H]2CC[C@H](CC[C@H]3CC[C@H](C=CC#N)CC3)CC2)cc1. The quantitative estimate of drug-likeness (QED) is 0.306. The predicted molar refractivity (Wildman–Crippen MR) is 124 cm³/mol. The van der Waals surface area contributed by atoms with Crippen LogP contribution >= 0.6 is 0 Å². The Hall–Kier alpha value is -1.55. The van der Waals surface area contributed by atoms with E-state index in [1.54, 1.807) is 11.6 Å². The van der Waals surface area contributed by atoms with Gasteiger partial charge in [-0.15, -0.1) is 0 Å². The maximum absolute atomic E-state index is 8.68. The van der Waals surface area contributed by atoms with E-state index in [4.69, 9.17) is 5.26 Å².